The first-order valence-electron chi connectivity index (χ1n) is 9.71. The highest BCUT2D eigenvalue weighted by Crippen LogP contribution is 2.28. The van der Waals surface area contributed by atoms with E-state index >= 15 is 0 Å². The Morgan fingerprint density at radius 2 is 2.08 bits per heavy atom. The summed E-state index contributed by atoms with van der Waals surface area (Å²) >= 11 is 6.25. The molecule has 0 radical (unpaired) electrons. The molecule has 0 aliphatic carbocycles. The summed E-state index contributed by atoms with van der Waals surface area (Å²) < 4.78 is 5.54. The van der Waals surface area contributed by atoms with Gasteiger partial charge in [0, 0.05) is 55.7 Å². The molecule has 0 bridgehead atoms. The van der Waals surface area contributed by atoms with Gasteiger partial charge in [-0.1, -0.05) is 44.5 Å². The van der Waals surface area contributed by atoms with Crippen molar-refractivity contribution in [1.29, 1.82) is 0 Å². The molecule has 2 aliphatic heterocycles. The number of hydrazine groups is 1. The molecule has 3 atom stereocenters. The minimum Gasteiger partial charge on any atom is -0.379 e. The molecule has 2 fully saturated rings. The van der Waals surface area contributed by atoms with E-state index in [9.17, 15) is 0 Å². The van der Waals surface area contributed by atoms with Crippen LogP contribution >= 0.6 is 11.6 Å². The molecule has 3 unspecified atom stereocenters. The standard InChI is InChI=1S/C20H33ClN4O/c1-20(2,3)19-16(13-23-24-19)12-22-14-18(25-7-9-26-10-8-25)15-5-4-6-17(21)11-15/h4-6,11,16,18-19,22-24H,7-10,12-14H2,1-3H3. The van der Waals surface area contributed by atoms with Crippen LogP contribution < -0.4 is 16.2 Å². The highest BCUT2D eigenvalue weighted by molar-refractivity contribution is 6.30. The van der Waals surface area contributed by atoms with Gasteiger partial charge in [-0.2, -0.15) is 0 Å². The molecule has 2 aliphatic rings. The first-order chi connectivity index (χ1) is 12.4. The Morgan fingerprint density at radius 3 is 2.77 bits per heavy atom. The fourth-order valence-corrected chi connectivity index (χ4v) is 4.31. The quantitative estimate of drug-likeness (QED) is 0.707. The fraction of sp³-hybridized carbons (Fsp3) is 0.700. The van der Waals surface area contributed by atoms with Crippen LogP contribution in [0.25, 0.3) is 0 Å². The van der Waals surface area contributed by atoms with E-state index in [4.69, 9.17) is 16.3 Å². The van der Waals surface area contributed by atoms with Gasteiger partial charge in [-0.15, -0.1) is 0 Å². The maximum Gasteiger partial charge on any atom is 0.0594 e. The second kappa shape index (κ2) is 9.00. The smallest absolute Gasteiger partial charge is 0.0594 e. The minimum absolute atomic E-state index is 0.242. The molecular formula is C20H33ClN4O. The van der Waals surface area contributed by atoms with Crippen molar-refractivity contribution in [2.45, 2.75) is 32.9 Å². The molecule has 2 heterocycles. The van der Waals surface area contributed by atoms with Crippen LogP contribution in [0, 0.1) is 11.3 Å². The zero-order valence-electron chi connectivity index (χ0n) is 16.2. The van der Waals surface area contributed by atoms with Gasteiger partial charge in [-0.3, -0.25) is 15.8 Å². The van der Waals surface area contributed by atoms with Gasteiger partial charge in [-0.25, -0.2) is 0 Å². The van der Waals surface area contributed by atoms with Crippen LogP contribution in [-0.2, 0) is 4.74 Å². The van der Waals surface area contributed by atoms with Crippen molar-refractivity contribution in [3.63, 3.8) is 0 Å². The summed E-state index contributed by atoms with van der Waals surface area (Å²) in [7, 11) is 0. The lowest BCUT2D eigenvalue weighted by atomic mass is 9.80. The van der Waals surface area contributed by atoms with Crippen molar-refractivity contribution in [2.24, 2.45) is 11.3 Å². The summed E-state index contributed by atoms with van der Waals surface area (Å²) in [6, 6.07) is 9.07. The van der Waals surface area contributed by atoms with E-state index in [1.807, 2.05) is 12.1 Å². The number of rotatable bonds is 6. The van der Waals surface area contributed by atoms with E-state index in [2.05, 4.69) is 54.0 Å². The van der Waals surface area contributed by atoms with Crippen LogP contribution in [0.15, 0.2) is 24.3 Å². The maximum atomic E-state index is 6.25. The molecule has 0 amide bonds. The third-order valence-electron chi connectivity index (χ3n) is 5.49. The zero-order valence-corrected chi connectivity index (χ0v) is 17.0. The Labute approximate surface area is 162 Å². The molecule has 26 heavy (non-hydrogen) atoms. The molecule has 1 aromatic carbocycles. The summed E-state index contributed by atoms with van der Waals surface area (Å²) in [6.45, 7) is 13.4. The summed E-state index contributed by atoms with van der Waals surface area (Å²) in [5.41, 5.74) is 8.31. The number of ether oxygens (including phenoxy) is 1. The Morgan fingerprint density at radius 1 is 1.31 bits per heavy atom. The van der Waals surface area contributed by atoms with Crippen LogP contribution in [0.4, 0.5) is 0 Å². The molecule has 146 valence electrons. The Kier molecular flexibility index (Phi) is 6.94. The van der Waals surface area contributed by atoms with Crippen LogP contribution in [-0.4, -0.2) is 56.9 Å². The highest BCUT2D eigenvalue weighted by Gasteiger charge is 2.35. The topological polar surface area (TPSA) is 48.6 Å². The number of nitrogens with one attached hydrogen (secondary N) is 3. The van der Waals surface area contributed by atoms with Gasteiger partial charge < -0.3 is 10.1 Å². The number of benzene rings is 1. The predicted octanol–water partition coefficient (Wildman–Crippen LogP) is 2.44. The number of nitrogens with zero attached hydrogens (tertiary/aromatic N) is 1. The van der Waals surface area contributed by atoms with Crippen molar-refractivity contribution in [2.75, 3.05) is 45.9 Å². The van der Waals surface area contributed by atoms with Gasteiger partial charge in [0.05, 0.1) is 13.2 Å². The maximum absolute atomic E-state index is 6.25. The molecule has 5 nitrogen and oxygen atoms in total. The third kappa shape index (κ3) is 5.18. The average Bonchev–Trinajstić information content (AvgIpc) is 3.08. The molecular weight excluding hydrogens is 348 g/mol. The second-order valence-corrected chi connectivity index (χ2v) is 8.94. The van der Waals surface area contributed by atoms with Gasteiger partial charge >= 0.3 is 0 Å². The van der Waals surface area contributed by atoms with Gasteiger partial charge in [-0.05, 0) is 23.1 Å². The van der Waals surface area contributed by atoms with Gasteiger partial charge in [0.15, 0.2) is 0 Å². The van der Waals surface area contributed by atoms with Crippen LogP contribution in [0.5, 0.6) is 0 Å². The molecule has 0 aromatic heterocycles. The molecule has 3 N–H and O–H groups in total. The van der Waals surface area contributed by atoms with Crippen molar-refractivity contribution in [3.8, 4) is 0 Å². The van der Waals surface area contributed by atoms with E-state index in [-0.39, 0.29) is 5.41 Å². The normalized spacial score (nSPS) is 26.2. The molecule has 1 aromatic rings. The van der Waals surface area contributed by atoms with E-state index in [0.29, 0.717) is 18.0 Å². The van der Waals surface area contributed by atoms with Crippen molar-refractivity contribution in [1.82, 2.24) is 21.1 Å². The summed E-state index contributed by atoms with van der Waals surface area (Å²) in [6.07, 6.45) is 0. The van der Waals surface area contributed by atoms with E-state index in [1.54, 1.807) is 0 Å². The van der Waals surface area contributed by atoms with Crippen LogP contribution in [0.1, 0.15) is 32.4 Å². The molecule has 3 rings (SSSR count). The number of hydrogen-bond donors (Lipinski definition) is 3. The van der Waals surface area contributed by atoms with Crippen molar-refractivity contribution >= 4 is 11.6 Å². The molecule has 0 saturated carbocycles. The predicted molar refractivity (Wildman–Crippen MR) is 107 cm³/mol. The zero-order chi connectivity index (χ0) is 18.6. The SMILES string of the molecule is CC(C)(C)C1NNCC1CNCC(c1cccc(Cl)c1)N1CCOCC1. The van der Waals surface area contributed by atoms with Crippen LogP contribution in [0.2, 0.25) is 5.02 Å². The van der Waals surface area contributed by atoms with E-state index < -0.39 is 0 Å². The Bertz CT molecular complexity index is 571. The second-order valence-electron chi connectivity index (χ2n) is 8.51. The lowest BCUT2D eigenvalue weighted by Crippen LogP contribution is -2.46. The van der Waals surface area contributed by atoms with Gasteiger partial charge in [0.2, 0.25) is 0 Å². The first-order valence-corrected chi connectivity index (χ1v) is 10.1. The monoisotopic (exact) mass is 380 g/mol. The lowest BCUT2D eigenvalue weighted by molar-refractivity contribution is 0.0159. The Balaban J connectivity index is 1.62. The van der Waals surface area contributed by atoms with E-state index in [1.165, 1.54) is 5.56 Å². The van der Waals surface area contributed by atoms with Crippen molar-refractivity contribution in [3.05, 3.63) is 34.9 Å². The minimum atomic E-state index is 0.242. The molecule has 0 spiro atoms. The lowest BCUT2D eigenvalue weighted by Gasteiger charge is -2.36. The number of hydrogen-bond acceptors (Lipinski definition) is 5. The average molecular weight is 381 g/mol. The first kappa shape index (κ1) is 20.1. The number of halogens is 1. The largest absolute Gasteiger partial charge is 0.379 e. The highest BCUT2D eigenvalue weighted by atomic mass is 35.5. The fourth-order valence-electron chi connectivity index (χ4n) is 4.12. The Hall–Kier alpha value is -0.690. The van der Waals surface area contributed by atoms with Crippen LogP contribution in [0.3, 0.4) is 0 Å². The summed E-state index contributed by atoms with van der Waals surface area (Å²) in [4.78, 5) is 2.51. The molecule has 2 saturated heterocycles. The van der Waals surface area contributed by atoms with E-state index in [0.717, 1.165) is 51.0 Å². The third-order valence-corrected chi connectivity index (χ3v) is 5.73. The summed E-state index contributed by atoms with van der Waals surface area (Å²) in [5, 5.41) is 4.54. The number of morpholine rings is 1. The van der Waals surface area contributed by atoms with Gasteiger partial charge in [0.1, 0.15) is 0 Å². The summed E-state index contributed by atoms with van der Waals surface area (Å²) in [5.74, 6) is 0.583. The van der Waals surface area contributed by atoms with Crippen molar-refractivity contribution < 1.29 is 4.74 Å². The molecule has 6 heteroatoms. The van der Waals surface area contributed by atoms with Gasteiger partial charge in [0.25, 0.3) is 0 Å².